The van der Waals surface area contributed by atoms with E-state index >= 15 is 0 Å². The van der Waals surface area contributed by atoms with Gasteiger partial charge in [0.05, 0.1) is 5.92 Å². The van der Waals surface area contributed by atoms with Gasteiger partial charge in [-0.2, -0.15) is 0 Å². The zero-order valence-electron chi connectivity index (χ0n) is 8.29. The van der Waals surface area contributed by atoms with Crippen molar-refractivity contribution in [2.75, 3.05) is 26.2 Å². The molecule has 1 N–H and O–H groups in total. The minimum absolute atomic E-state index is 0.0962. The molecule has 0 aromatic carbocycles. The van der Waals surface area contributed by atoms with Crippen LogP contribution in [0.3, 0.4) is 0 Å². The number of carbonyl (C=O) groups is 1. The Bertz CT molecular complexity index is 290. The van der Waals surface area contributed by atoms with Crippen LogP contribution >= 0.6 is 0 Å². The minimum atomic E-state index is -0.0962. The summed E-state index contributed by atoms with van der Waals surface area (Å²) in [6.45, 7) is 5.47. The van der Waals surface area contributed by atoms with Crippen molar-refractivity contribution >= 4 is 12.0 Å². The van der Waals surface area contributed by atoms with Crippen LogP contribution in [0.25, 0.3) is 0 Å². The molecule has 0 aromatic heterocycles. The molecule has 1 unspecified atom stereocenters. The maximum absolute atomic E-state index is 11.8. The predicted molar refractivity (Wildman–Crippen MR) is 53.9 cm³/mol. The Morgan fingerprint density at radius 1 is 1.57 bits per heavy atom. The molecule has 4 heteroatoms. The van der Waals surface area contributed by atoms with Gasteiger partial charge in [0.1, 0.15) is 11.9 Å². The summed E-state index contributed by atoms with van der Waals surface area (Å²) in [5.74, 6) is 0.0445. The smallest absolute Gasteiger partial charge is 0.189 e. The molecule has 1 saturated heterocycles. The molecule has 0 bridgehead atoms. The molecule has 1 radical (unpaired) electrons. The number of allylic oxidation sites excluding steroid dienone is 1. The van der Waals surface area contributed by atoms with Gasteiger partial charge in [-0.1, -0.05) is 6.92 Å². The molecular weight excluding hydrogens is 178 g/mol. The molecule has 2 aliphatic heterocycles. The highest BCUT2D eigenvalue weighted by atomic mass is 16.1. The van der Waals surface area contributed by atoms with Crippen LogP contribution in [0.5, 0.6) is 0 Å². The van der Waals surface area contributed by atoms with E-state index in [9.17, 15) is 4.79 Å². The minimum Gasteiger partial charge on any atom is -0.364 e. The Labute approximate surface area is 83.7 Å². The summed E-state index contributed by atoms with van der Waals surface area (Å²) in [7, 11) is 0. The van der Waals surface area contributed by atoms with E-state index in [1.54, 1.807) is 6.21 Å². The van der Waals surface area contributed by atoms with Crippen LogP contribution in [0, 0.1) is 12.1 Å². The predicted octanol–water partition coefficient (Wildman–Crippen LogP) is -0.174. The van der Waals surface area contributed by atoms with Crippen molar-refractivity contribution < 1.29 is 4.79 Å². The molecule has 1 atom stereocenters. The number of piperazine rings is 1. The van der Waals surface area contributed by atoms with E-state index in [0.717, 1.165) is 26.2 Å². The molecule has 0 saturated carbocycles. The van der Waals surface area contributed by atoms with E-state index in [-0.39, 0.29) is 11.7 Å². The fraction of sp³-hybridized carbons (Fsp3) is 0.600. The monoisotopic (exact) mass is 192 g/mol. The first-order valence-electron chi connectivity index (χ1n) is 4.95. The fourth-order valence-electron chi connectivity index (χ4n) is 1.66. The first kappa shape index (κ1) is 9.40. The lowest BCUT2D eigenvalue weighted by Crippen LogP contribution is -2.45. The van der Waals surface area contributed by atoms with E-state index in [1.807, 2.05) is 6.92 Å². The van der Waals surface area contributed by atoms with Crippen LogP contribution in [0.2, 0.25) is 0 Å². The van der Waals surface area contributed by atoms with Crippen molar-refractivity contribution in [2.45, 2.75) is 6.92 Å². The topological polar surface area (TPSA) is 44.7 Å². The standard InChI is InChI=1S/C10H14N3O/c1-8-6-12-7-9(10(8)14)13-4-2-11-3-5-13/h6,8,11H,2-5H2,1H3. The second-order valence-electron chi connectivity index (χ2n) is 3.63. The van der Waals surface area contributed by atoms with Gasteiger partial charge in [-0.05, 0) is 0 Å². The van der Waals surface area contributed by atoms with Crippen LogP contribution in [-0.4, -0.2) is 43.1 Å². The first-order chi connectivity index (χ1) is 6.79. The van der Waals surface area contributed by atoms with Gasteiger partial charge >= 0.3 is 0 Å². The van der Waals surface area contributed by atoms with Crippen molar-refractivity contribution in [3.63, 3.8) is 0 Å². The molecule has 14 heavy (non-hydrogen) atoms. The van der Waals surface area contributed by atoms with Crippen molar-refractivity contribution in [1.29, 1.82) is 0 Å². The number of hydrogen-bond acceptors (Lipinski definition) is 4. The summed E-state index contributed by atoms with van der Waals surface area (Å²) in [5.41, 5.74) is 0.654. The molecule has 0 aromatic rings. The van der Waals surface area contributed by atoms with Gasteiger partial charge in [-0.3, -0.25) is 9.79 Å². The molecular formula is C10H14N3O. The maximum atomic E-state index is 11.8. The van der Waals surface area contributed by atoms with Gasteiger partial charge in [0.2, 0.25) is 0 Å². The van der Waals surface area contributed by atoms with Gasteiger partial charge in [-0.15, -0.1) is 0 Å². The number of rotatable bonds is 1. The van der Waals surface area contributed by atoms with E-state index in [0.29, 0.717) is 5.70 Å². The highest BCUT2D eigenvalue weighted by Gasteiger charge is 2.25. The van der Waals surface area contributed by atoms with Crippen LogP contribution in [0.15, 0.2) is 10.7 Å². The third kappa shape index (κ3) is 1.70. The molecule has 0 spiro atoms. The van der Waals surface area contributed by atoms with Crippen molar-refractivity contribution in [3.8, 4) is 0 Å². The average Bonchev–Trinajstić information content (AvgIpc) is 2.23. The fourth-order valence-corrected chi connectivity index (χ4v) is 1.66. The molecule has 0 amide bonds. The van der Waals surface area contributed by atoms with E-state index in [4.69, 9.17) is 0 Å². The molecule has 0 aliphatic carbocycles. The van der Waals surface area contributed by atoms with Gasteiger partial charge in [-0.25, -0.2) is 0 Å². The molecule has 2 rings (SSSR count). The third-order valence-corrected chi connectivity index (χ3v) is 2.55. The lowest BCUT2D eigenvalue weighted by Gasteiger charge is -2.31. The van der Waals surface area contributed by atoms with Crippen molar-refractivity contribution in [2.24, 2.45) is 10.9 Å². The van der Waals surface area contributed by atoms with Crippen LogP contribution in [0.1, 0.15) is 6.92 Å². The molecule has 4 nitrogen and oxygen atoms in total. The Morgan fingerprint density at radius 3 is 3.00 bits per heavy atom. The summed E-state index contributed by atoms with van der Waals surface area (Å²) < 4.78 is 0. The van der Waals surface area contributed by atoms with Crippen LogP contribution in [-0.2, 0) is 4.79 Å². The Hall–Kier alpha value is -1.16. The molecule has 1 fully saturated rings. The highest BCUT2D eigenvalue weighted by Crippen LogP contribution is 2.14. The van der Waals surface area contributed by atoms with E-state index in [2.05, 4.69) is 21.4 Å². The summed E-state index contributed by atoms with van der Waals surface area (Å²) in [5, 5.41) is 3.25. The van der Waals surface area contributed by atoms with E-state index in [1.165, 1.54) is 0 Å². The maximum Gasteiger partial charge on any atom is 0.189 e. The molecule has 75 valence electrons. The lowest BCUT2D eigenvalue weighted by molar-refractivity contribution is -0.118. The Balaban J connectivity index is 2.12. The van der Waals surface area contributed by atoms with Crippen LogP contribution in [0.4, 0.5) is 0 Å². The number of nitrogens with one attached hydrogen (secondary N) is 1. The highest BCUT2D eigenvalue weighted by molar-refractivity contribution is 6.06. The molecule has 2 aliphatic rings. The SMILES string of the molecule is CC1C=N[C]=C(N2CCNCC2)C1=O. The van der Waals surface area contributed by atoms with Gasteiger partial charge < -0.3 is 10.2 Å². The summed E-state index contributed by atoms with van der Waals surface area (Å²) in [4.78, 5) is 17.8. The normalized spacial score (nSPS) is 27.8. The van der Waals surface area contributed by atoms with Gasteiger partial charge in [0.25, 0.3) is 0 Å². The zero-order valence-corrected chi connectivity index (χ0v) is 8.29. The third-order valence-electron chi connectivity index (χ3n) is 2.55. The van der Waals surface area contributed by atoms with E-state index < -0.39 is 0 Å². The van der Waals surface area contributed by atoms with Crippen molar-refractivity contribution in [1.82, 2.24) is 10.2 Å². The number of aliphatic imine (C=N–C) groups is 1. The quantitative estimate of drug-likeness (QED) is 0.627. The van der Waals surface area contributed by atoms with Gasteiger partial charge in [0.15, 0.2) is 5.78 Å². The number of Topliss-reactive ketones (excluding diaryl/α,β-unsaturated/α-hetero) is 1. The second kappa shape index (κ2) is 3.92. The first-order valence-corrected chi connectivity index (χ1v) is 4.95. The van der Waals surface area contributed by atoms with Crippen molar-refractivity contribution in [3.05, 3.63) is 11.9 Å². The summed E-state index contributed by atoms with van der Waals surface area (Å²) >= 11 is 0. The summed E-state index contributed by atoms with van der Waals surface area (Å²) in [6, 6.07) is 0. The van der Waals surface area contributed by atoms with Crippen LogP contribution < -0.4 is 5.32 Å². The number of ketones is 1. The largest absolute Gasteiger partial charge is 0.364 e. The number of carbonyl (C=O) groups excluding carboxylic acids is 1. The Morgan fingerprint density at radius 2 is 2.29 bits per heavy atom. The lowest BCUT2D eigenvalue weighted by atomic mass is 10.0. The number of nitrogens with zero attached hydrogens (tertiary/aromatic N) is 2. The second-order valence-corrected chi connectivity index (χ2v) is 3.63. The average molecular weight is 192 g/mol. The Kier molecular flexibility index (Phi) is 2.63. The summed E-state index contributed by atoms with van der Waals surface area (Å²) in [6.07, 6.45) is 4.45. The zero-order chi connectivity index (χ0) is 9.97. The number of hydrogen-bond donors (Lipinski definition) is 1. The molecule has 2 heterocycles. The van der Waals surface area contributed by atoms with Gasteiger partial charge in [0, 0.05) is 32.4 Å².